The first-order valence-electron chi connectivity index (χ1n) is 6.40. The summed E-state index contributed by atoms with van der Waals surface area (Å²) in [5, 5.41) is 0. The fraction of sp³-hybridized carbons (Fsp3) is 0.857. The van der Waals surface area contributed by atoms with Gasteiger partial charge in [-0.2, -0.15) is 0 Å². The predicted molar refractivity (Wildman–Crippen MR) is 63.9 cm³/mol. The topological polar surface area (TPSA) is 9.23 Å². The van der Waals surface area contributed by atoms with Crippen molar-refractivity contribution in [1.29, 1.82) is 0 Å². The van der Waals surface area contributed by atoms with E-state index < -0.39 is 0 Å². The Balaban J connectivity index is 2.01. The molecule has 0 N–H and O–H groups in total. The van der Waals surface area contributed by atoms with Crippen LogP contribution in [0.25, 0.3) is 0 Å². The Kier molecular flexibility index (Phi) is 3.20. The zero-order chi connectivity index (χ0) is 10.9. The van der Waals surface area contributed by atoms with Crippen LogP contribution in [0.3, 0.4) is 0 Å². The van der Waals surface area contributed by atoms with Gasteiger partial charge in [0.05, 0.1) is 12.7 Å². The van der Waals surface area contributed by atoms with E-state index in [1.807, 2.05) is 0 Å². The summed E-state index contributed by atoms with van der Waals surface area (Å²) in [6.45, 7) is 7.53. The highest BCUT2D eigenvalue weighted by atomic mass is 16.5. The Labute approximate surface area is 93.9 Å². The van der Waals surface area contributed by atoms with E-state index in [9.17, 15) is 0 Å². The molecule has 1 fully saturated rings. The molecule has 0 spiro atoms. The average molecular weight is 208 g/mol. The number of allylic oxidation sites excluding steroid dienone is 1. The van der Waals surface area contributed by atoms with E-state index in [-0.39, 0.29) is 0 Å². The Bertz CT molecular complexity index is 254. The second kappa shape index (κ2) is 4.29. The molecule has 2 bridgehead atoms. The first-order chi connectivity index (χ1) is 7.07. The van der Waals surface area contributed by atoms with Crippen molar-refractivity contribution >= 4 is 0 Å². The van der Waals surface area contributed by atoms with Crippen LogP contribution in [0.1, 0.15) is 52.9 Å². The smallest absolute Gasteiger partial charge is 0.0557 e. The quantitative estimate of drug-likeness (QED) is 0.638. The average Bonchev–Trinajstić information content (AvgIpc) is 2.14. The largest absolute Gasteiger partial charge is 0.378 e. The number of hydrogen-bond acceptors (Lipinski definition) is 1. The summed E-state index contributed by atoms with van der Waals surface area (Å²) in [5.74, 6) is 0.944. The van der Waals surface area contributed by atoms with E-state index in [2.05, 4.69) is 26.8 Å². The van der Waals surface area contributed by atoms with Crippen molar-refractivity contribution in [3.05, 3.63) is 11.6 Å². The zero-order valence-corrected chi connectivity index (χ0v) is 10.4. The molecular weight excluding hydrogens is 184 g/mol. The maximum absolute atomic E-state index is 5.80. The van der Waals surface area contributed by atoms with Gasteiger partial charge in [-0.15, -0.1) is 0 Å². The van der Waals surface area contributed by atoms with Crippen LogP contribution >= 0.6 is 0 Å². The van der Waals surface area contributed by atoms with Crippen molar-refractivity contribution in [2.75, 3.05) is 6.61 Å². The maximum atomic E-state index is 5.80. The van der Waals surface area contributed by atoms with E-state index in [1.165, 1.54) is 32.1 Å². The lowest BCUT2D eigenvalue weighted by Crippen LogP contribution is -2.31. The monoisotopic (exact) mass is 208 g/mol. The summed E-state index contributed by atoms with van der Waals surface area (Å²) in [6, 6.07) is 0. The third-order valence-electron chi connectivity index (χ3n) is 3.72. The van der Waals surface area contributed by atoms with Crippen molar-refractivity contribution in [3.8, 4) is 0 Å². The fourth-order valence-corrected chi connectivity index (χ4v) is 3.17. The van der Waals surface area contributed by atoms with Crippen LogP contribution < -0.4 is 0 Å². The van der Waals surface area contributed by atoms with Gasteiger partial charge >= 0.3 is 0 Å². The molecule has 0 aliphatic heterocycles. The summed E-state index contributed by atoms with van der Waals surface area (Å²) in [6.07, 6.45) is 9.79. The molecule has 1 saturated carbocycles. The van der Waals surface area contributed by atoms with Crippen molar-refractivity contribution in [2.45, 2.75) is 59.0 Å². The van der Waals surface area contributed by atoms with Gasteiger partial charge in [-0.05, 0) is 51.9 Å². The summed E-state index contributed by atoms with van der Waals surface area (Å²) in [4.78, 5) is 0. The number of fused-ring (bicyclic) bond motifs is 2. The van der Waals surface area contributed by atoms with Gasteiger partial charge in [0.2, 0.25) is 0 Å². The first kappa shape index (κ1) is 11.2. The molecule has 15 heavy (non-hydrogen) atoms. The maximum Gasteiger partial charge on any atom is 0.0557 e. The molecule has 0 aromatic heterocycles. The van der Waals surface area contributed by atoms with Gasteiger partial charge in [-0.1, -0.05) is 18.6 Å². The van der Waals surface area contributed by atoms with Gasteiger partial charge in [-0.25, -0.2) is 0 Å². The molecule has 0 aromatic carbocycles. The highest BCUT2D eigenvalue weighted by Crippen LogP contribution is 2.44. The van der Waals surface area contributed by atoms with Gasteiger partial charge < -0.3 is 4.74 Å². The molecule has 1 heteroatoms. The van der Waals surface area contributed by atoms with Crippen molar-refractivity contribution < 1.29 is 4.74 Å². The summed E-state index contributed by atoms with van der Waals surface area (Å²) in [7, 11) is 0. The van der Waals surface area contributed by atoms with E-state index in [0.717, 1.165) is 12.5 Å². The van der Waals surface area contributed by atoms with E-state index in [1.54, 1.807) is 5.57 Å². The van der Waals surface area contributed by atoms with Crippen LogP contribution in [-0.2, 0) is 4.74 Å². The molecule has 0 heterocycles. The molecule has 2 rings (SSSR count). The standard InChI is InChI=1S/C14H24O/c1-11(2)15-10-14(3)8-12-5-4-6-13(7-12)9-14/h8,11,13H,4-7,9-10H2,1-3H3. The Morgan fingerprint density at radius 3 is 3.00 bits per heavy atom. The van der Waals surface area contributed by atoms with E-state index in [4.69, 9.17) is 4.74 Å². The van der Waals surface area contributed by atoms with Crippen molar-refractivity contribution in [2.24, 2.45) is 11.3 Å². The Morgan fingerprint density at radius 2 is 2.33 bits per heavy atom. The predicted octanol–water partition coefficient (Wildman–Crippen LogP) is 3.94. The van der Waals surface area contributed by atoms with Crippen LogP contribution in [0.5, 0.6) is 0 Å². The number of hydrogen-bond donors (Lipinski definition) is 0. The molecule has 2 aliphatic carbocycles. The summed E-state index contributed by atoms with van der Waals surface area (Å²) < 4.78 is 5.80. The third-order valence-corrected chi connectivity index (χ3v) is 3.72. The van der Waals surface area contributed by atoms with Crippen molar-refractivity contribution in [1.82, 2.24) is 0 Å². The highest BCUT2D eigenvalue weighted by molar-refractivity contribution is 5.16. The third kappa shape index (κ3) is 2.84. The molecule has 86 valence electrons. The second-order valence-corrected chi connectivity index (χ2v) is 5.98. The molecule has 0 aromatic rings. The fourth-order valence-electron chi connectivity index (χ4n) is 3.17. The van der Waals surface area contributed by atoms with Gasteiger partial charge in [0, 0.05) is 5.41 Å². The summed E-state index contributed by atoms with van der Waals surface area (Å²) >= 11 is 0. The molecular formula is C14H24O. The van der Waals surface area contributed by atoms with Crippen LogP contribution in [0.15, 0.2) is 11.6 Å². The Hall–Kier alpha value is -0.300. The lowest BCUT2D eigenvalue weighted by Gasteiger charge is -2.39. The molecule has 2 atom stereocenters. The van der Waals surface area contributed by atoms with Gasteiger partial charge in [-0.3, -0.25) is 0 Å². The molecule has 0 radical (unpaired) electrons. The highest BCUT2D eigenvalue weighted by Gasteiger charge is 2.33. The number of ether oxygens (including phenoxy) is 1. The minimum absolute atomic E-state index is 0.322. The van der Waals surface area contributed by atoms with Gasteiger partial charge in [0.15, 0.2) is 0 Å². The molecule has 2 unspecified atom stereocenters. The summed E-state index contributed by atoms with van der Waals surface area (Å²) in [5.41, 5.74) is 2.02. The molecule has 0 amide bonds. The molecule has 2 aliphatic rings. The van der Waals surface area contributed by atoms with Crippen LogP contribution in [-0.4, -0.2) is 12.7 Å². The van der Waals surface area contributed by atoms with Crippen LogP contribution in [0.2, 0.25) is 0 Å². The van der Waals surface area contributed by atoms with E-state index >= 15 is 0 Å². The minimum atomic E-state index is 0.322. The lowest BCUT2D eigenvalue weighted by atomic mass is 9.68. The van der Waals surface area contributed by atoms with E-state index in [0.29, 0.717) is 11.5 Å². The lowest BCUT2D eigenvalue weighted by molar-refractivity contribution is 0.0181. The number of rotatable bonds is 3. The SMILES string of the molecule is CC(C)OCC1(C)C=C2CCCC(C2)C1. The molecule has 1 nitrogen and oxygen atoms in total. The second-order valence-electron chi connectivity index (χ2n) is 5.98. The first-order valence-corrected chi connectivity index (χ1v) is 6.40. The molecule has 0 saturated heterocycles. The van der Waals surface area contributed by atoms with Gasteiger partial charge in [0.25, 0.3) is 0 Å². The van der Waals surface area contributed by atoms with Crippen LogP contribution in [0, 0.1) is 11.3 Å². The minimum Gasteiger partial charge on any atom is -0.378 e. The zero-order valence-electron chi connectivity index (χ0n) is 10.4. The van der Waals surface area contributed by atoms with Gasteiger partial charge in [0.1, 0.15) is 0 Å². The van der Waals surface area contributed by atoms with Crippen molar-refractivity contribution in [3.63, 3.8) is 0 Å². The Morgan fingerprint density at radius 1 is 1.53 bits per heavy atom. The normalized spacial score (nSPS) is 35.5. The van der Waals surface area contributed by atoms with Crippen LogP contribution in [0.4, 0.5) is 0 Å².